The van der Waals surface area contributed by atoms with Crippen LogP contribution < -0.4 is 0 Å². The monoisotopic (exact) mass is 251 g/mol. The van der Waals surface area contributed by atoms with Crippen molar-refractivity contribution in [2.45, 2.75) is 26.2 Å². The van der Waals surface area contributed by atoms with Crippen LogP contribution in [0.5, 0.6) is 0 Å². The van der Waals surface area contributed by atoms with E-state index < -0.39 is 5.97 Å². The third kappa shape index (κ3) is 2.72. The van der Waals surface area contributed by atoms with Gasteiger partial charge in [-0.25, -0.2) is 0 Å². The molecule has 1 aromatic rings. The van der Waals surface area contributed by atoms with Crippen molar-refractivity contribution in [3.63, 3.8) is 0 Å². The number of hydrogen-bond donors (Lipinski definition) is 1. The number of amides is 1. The first-order valence-electron chi connectivity index (χ1n) is 6.20. The van der Waals surface area contributed by atoms with Crippen molar-refractivity contribution in [2.24, 2.45) is 5.92 Å². The molecule has 1 aromatic heterocycles. The van der Waals surface area contributed by atoms with Gasteiger partial charge in [-0.1, -0.05) is 6.92 Å². The molecular formula is C13H17NO4. The highest BCUT2D eigenvalue weighted by Crippen LogP contribution is 2.22. The number of carbonyl (C=O) groups excluding carboxylic acids is 1. The van der Waals surface area contributed by atoms with Crippen molar-refractivity contribution in [2.75, 3.05) is 13.1 Å². The zero-order chi connectivity index (χ0) is 13.1. The molecule has 1 aliphatic heterocycles. The van der Waals surface area contributed by atoms with E-state index in [2.05, 4.69) is 0 Å². The molecule has 1 N–H and O–H groups in total. The number of rotatable bonds is 4. The molecule has 1 amide bonds. The predicted octanol–water partition coefficient (Wildman–Crippen LogP) is 1.78. The molecule has 18 heavy (non-hydrogen) atoms. The third-order valence-electron chi connectivity index (χ3n) is 3.26. The van der Waals surface area contributed by atoms with Crippen LogP contribution in [-0.4, -0.2) is 35.0 Å². The summed E-state index contributed by atoms with van der Waals surface area (Å²) in [5.41, 5.74) is 0. The maximum atomic E-state index is 12.1. The summed E-state index contributed by atoms with van der Waals surface area (Å²) in [5, 5.41) is 8.73. The standard InChI is InChI=1S/C13H17NO4/c1-2-10-3-4-11(18-10)13(17)14-6-5-9(8-14)7-12(15)16/h3-4,9H,2,5-8H2,1H3,(H,15,16). The molecule has 0 aromatic carbocycles. The molecule has 0 aliphatic carbocycles. The molecule has 5 nitrogen and oxygen atoms in total. The number of aryl methyl sites for hydroxylation is 1. The molecule has 98 valence electrons. The van der Waals surface area contributed by atoms with Gasteiger partial charge in [0, 0.05) is 25.9 Å². The van der Waals surface area contributed by atoms with E-state index in [1.54, 1.807) is 17.0 Å². The van der Waals surface area contributed by atoms with E-state index >= 15 is 0 Å². The van der Waals surface area contributed by atoms with Crippen molar-refractivity contribution in [3.05, 3.63) is 23.7 Å². The van der Waals surface area contributed by atoms with Crippen molar-refractivity contribution in [1.29, 1.82) is 0 Å². The summed E-state index contributed by atoms with van der Waals surface area (Å²) in [7, 11) is 0. The first kappa shape index (κ1) is 12.7. The molecule has 1 fully saturated rings. The van der Waals surface area contributed by atoms with Gasteiger partial charge in [-0.2, -0.15) is 0 Å². The average molecular weight is 251 g/mol. The number of likely N-dealkylation sites (tertiary alicyclic amines) is 1. The molecule has 5 heteroatoms. The average Bonchev–Trinajstić information content (AvgIpc) is 2.95. The number of carboxylic acid groups (broad SMARTS) is 1. The Morgan fingerprint density at radius 1 is 1.50 bits per heavy atom. The SMILES string of the molecule is CCc1ccc(C(=O)N2CCC(CC(=O)O)C2)o1. The van der Waals surface area contributed by atoms with E-state index in [0.29, 0.717) is 18.8 Å². The van der Waals surface area contributed by atoms with Crippen molar-refractivity contribution < 1.29 is 19.1 Å². The highest BCUT2D eigenvalue weighted by molar-refractivity contribution is 5.91. The minimum atomic E-state index is -0.805. The molecular weight excluding hydrogens is 234 g/mol. The molecule has 0 saturated carbocycles. The van der Waals surface area contributed by atoms with Gasteiger partial charge in [0.05, 0.1) is 0 Å². The second kappa shape index (κ2) is 5.25. The summed E-state index contributed by atoms with van der Waals surface area (Å²) >= 11 is 0. The van der Waals surface area contributed by atoms with Crippen LogP contribution in [0.2, 0.25) is 0 Å². The summed E-state index contributed by atoms with van der Waals surface area (Å²) < 4.78 is 5.42. The molecule has 2 rings (SSSR count). The predicted molar refractivity (Wildman–Crippen MR) is 64.3 cm³/mol. The van der Waals surface area contributed by atoms with Crippen molar-refractivity contribution in [1.82, 2.24) is 4.90 Å². The van der Waals surface area contributed by atoms with E-state index in [-0.39, 0.29) is 18.2 Å². The van der Waals surface area contributed by atoms with Crippen molar-refractivity contribution in [3.8, 4) is 0 Å². The van der Waals surface area contributed by atoms with E-state index in [1.165, 1.54) is 0 Å². The number of carboxylic acids is 1. The summed E-state index contributed by atoms with van der Waals surface area (Å²) in [4.78, 5) is 24.4. The van der Waals surface area contributed by atoms with Gasteiger partial charge in [0.15, 0.2) is 5.76 Å². The van der Waals surface area contributed by atoms with Gasteiger partial charge in [0.1, 0.15) is 5.76 Å². The Hall–Kier alpha value is -1.78. The summed E-state index contributed by atoms with van der Waals surface area (Å²) in [6, 6.07) is 3.49. The highest BCUT2D eigenvalue weighted by atomic mass is 16.4. The quantitative estimate of drug-likeness (QED) is 0.885. The smallest absolute Gasteiger partial charge is 0.303 e. The van der Waals surface area contributed by atoms with Gasteiger partial charge >= 0.3 is 5.97 Å². The number of carbonyl (C=O) groups is 2. The minimum absolute atomic E-state index is 0.0621. The van der Waals surface area contributed by atoms with Crippen molar-refractivity contribution >= 4 is 11.9 Å². The van der Waals surface area contributed by atoms with Crippen LogP contribution in [0.4, 0.5) is 0 Å². The van der Waals surface area contributed by atoms with Crippen LogP contribution in [-0.2, 0) is 11.2 Å². The van der Waals surface area contributed by atoms with Gasteiger partial charge in [-0.3, -0.25) is 9.59 Å². The Kier molecular flexibility index (Phi) is 3.69. The number of nitrogens with zero attached hydrogens (tertiary/aromatic N) is 1. The lowest BCUT2D eigenvalue weighted by Gasteiger charge is -2.14. The van der Waals surface area contributed by atoms with E-state index in [0.717, 1.165) is 18.6 Å². The van der Waals surface area contributed by atoms with Gasteiger partial charge in [0.2, 0.25) is 0 Å². The first-order valence-corrected chi connectivity index (χ1v) is 6.20. The van der Waals surface area contributed by atoms with Crippen LogP contribution >= 0.6 is 0 Å². The molecule has 1 aliphatic rings. The number of aliphatic carboxylic acids is 1. The summed E-state index contributed by atoms with van der Waals surface area (Å²) in [6.07, 6.45) is 1.64. The van der Waals surface area contributed by atoms with E-state index in [1.807, 2.05) is 6.92 Å². The van der Waals surface area contributed by atoms with Gasteiger partial charge in [-0.05, 0) is 24.5 Å². The Labute approximate surface area is 105 Å². The largest absolute Gasteiger partial charge is 0.481 e. The van der Waals surface area contributed by atoms with Crippen LogP contribution in [0.25, 0.3) is 0 Å². The fourth-order valence-electron chi connectivity index (χ4n) is 2.27. The second-order valence-corrected chi connectivity index (χ2v) is 4.62. The van der Waals surface area contributed by atoms with E-state index in [9.17, 15) is 9.59 Å². The zero-order valence-corrected chi connectivity index (χ0v) is 10.4. The maximum Gasteiger partial charge on any atom is 0.303 e. The lowest BCUT2D eigenvalue weighted by Crippen LogP contribution is -2.28. The van der Waals surface area contributed by atoms with Gasteiger partial charge in [0.25, 0.3) is 5.91 Å². The lowest BCUT2D eigenvalue weighted by molar-refractivity contribution is -0.138. The number of hydrogen-bond acceptors (Lipinski definition) is 3. The fraction of sp³-hybridized carbons (Fsp3) is 0.538. The molecule has 0 bridgehead atoms. The van der Waals surface area contributed by atoms with Crippen LogP contribution in [0.15, 0.2) is 16.5 Å². The molecule has 1 saturated heterocycles. The topological polar surface area (TPSA) is 70.8 Å². The Balaban J connectivity index is 1.96. The maximum absolute atomic E-state index is 12.1. The minimum Gasteiger partial charge on any atom is -0.481 e. The van der Waals surface area contributed by atoms with E-state index in [4.69, 9.17) is 9.52 Å². The second-order valence-electron chi connectivity index (χ2n) is 4.62. The summed E-state index contributed by atoms with van der Waals surface area (Å²) in [6.45, 7) is 3.08. The molecule has 1 atom stereocenters. The third-order valence-corrected chi connectivity index (χ3v) is 3.26. The fourth-order valence-corrected chi connectivity index (χ4v) is 2.27. The van der Waals surface area contributed by atoms with Crippen LogP contribution in [0, 0.1) is 5.92 Å². The number of furan rings is 1. The van der Waals surface area contributed by atoms with Gasteiger partial charge < -0.3 is 14.4 Å². The molecule has 0 spiro atoms. The summed E-state index contributed by atoms with van der Waals surface area (Å²) in [5.74, 6) is 0.262. The van der Waals surface area contributed by atoms with Crippen LogP contribution in [0.1, 0.15) is 36.1 Å². The lowest BCUT2D eigenvalue weighted by atomic mass is 10.1. The molecule has 2 heterocycles. The Morgan fingerprint density at radius 2 is 2.28 bits per heavy atom. The molecule has 0 radical (unpaired) electrons. The Bertz CT molecular complexity index is 452. The van der Waals surface area contributed by atoms with Crippen LogP contribution in [0.3, 0.4) is 0 Å². The normalized spacial score (nSPS) is 19.2. The Morgan fingerprint density at radius 3 is 2.89 bits per heavy atom. The van der Waals surface area contributed by atoms with Gasteiger partial charge in [-0.15, -0.1) is 0 Å². The highest BCUT2D eigenvalue weighted by Gasteiger charge is 2.29. The zero-order valence-electron chi connectivity index (χ0n) is 10.4. The molecule has 1 unspecified atom stereocenters. The first-order chi connectivity index (χ1) is 8.60.